The first-order valence-electron chi connectivity index (χ1n) is 3.15. The highest BCUT2D eigenvalue weighted by molar-refractivity contribution is 6.18. The highest BCUT2D eigenvalue weighted by Crippen LogP contribution is 2.16. The van der Waals surface area contributed by atoms with E-state index in [0.717, 1.165) is 5.56 Å². The predicted octanol–water partition coefficient (Wildman–Crippen LogP) is 2.61. The summed E-state index contributed by atoms with van der Waals surface area (Å²) in [5.41, 5.74) is 0.803. The Morgan fingerprint density at radius 3 is 2.60 bits per heavy atom. The summed E-state index contributed by atoms with van der Waals surface area (Å²) in [7, 11) is 0. The first-order chi connectivity index (χ1) is 4.84. The molecule has 0 aromatic heterocycles. The van der Waals surface area contributed by atoms with Crippen LogP contribution in [0.3, 0.4) is 0 Å². The largest absolute Gasteiger partial charge is 0.290 e. The van der Waals surface area contributed by atoms with Crippen molar-refractivity contribution in [1.82, 2.24) is 0 Å². The summed E-state index contributed by atoms with van der Waals surface area (Å²) in [6, 6.07) is 6.95. The Labute approximate surface area is 65.3 Å². The quantitative estimate of drug-likeness (QED) is 0.586. The molecule has 0 aliphatic rings. The fraction of sp³-hybridized carbons (Fsp3) is 0.250. The normalized spacial score (nSPS) is 9.70. The SMILES string of the molecule is [O]c1ccccc1CCCl. The molecule has 0 atom stereocenters. The van der Waals surface area contributed by atoms with Crippen LogP contribution in [0.2, 0.25) is 0 Å². The molecule has 1 aromatic rings. The predicted molar refractivity (Wildman–Crippen MR) is 41.0 cm³/mol. The molecule has 0 amide bonds. The maximum absolute atomic E-state index is 11.0. The number of rotatable bonds is 2. The lowest BCUT2D eigenvalue weighted by molar-refractivity contribution is 0.350. The van der Waals surface area contributed by atoms with E-state index in [1.54, 1.807) is 12.1 Å². The van der Waals surface area contributed by atoms with Crippen molar-refractivity contribution in [2.75, 3.05) is 5.88 Å². The molecule has 0 bridgehead atoms. The zero-order valence-corrected chi connectivity index (χ0v) is 6.27. The number of hydrogen-bond acceptors (Lipinski definition) is 0. The van der Waals surface area contributed by atoms with Crippen molar-refractivity contribution in [2.45, 2.75) is 6.42 Å². The van der Waals surface area contributed by atoms with Crippen molar-refractivity contribution in [3.63, 3.8) is 0 Å². The van der Waals surface area contributed by atoms with Crippen molar-refractivity contribution >= 4 is 11.6 Å². The van der Waals surface area contributed by atoms with Crippen molar-refractivity contribution in [3.8, 4) is 5.75 Å². The fourth-order valence-electron chi connectivity index (χ4n) is 0.812. The first kappa shape index (κ1) is 7.42. The van der Waals surface area contributed by atoms with Gasteiger partial charge in [-0.25, -0.2) is 0 Å². The molecule has 1 nitrogen and oxygen atoms in total. The minimum absolute atomic E-state index is 0.0863. The van der Waals surface area contributed by atoms with Gasteiger partial charge in [-0.05, 0) is 12.5 Å². The molecule has 0 N–H and O–H groups in total. The molecule has 0 aliphatic carbocycles. The Morgan fingerprint density at radius 1 is 1.30 bits per heavy atom. The number of benzene rings is 1. The Bertz CT molecular complexity index is 210. The molecule has 53 valence electrons. The van der Waals surface area contributed by atoms with Gasteiger partial charge in [0.05, 0.1) is 0 Å². The van der Waals surface area contributed by atoms with Crippen molar-refractivity contribution in [2.24, 2.45) is 0 Å². The molecule has 0 spiro atoms. The van der Waals surface area contributed by atoms with Crippen LogP contribution in [0.1, 0.15) is 5.56 Å². The Morgan fingerprint density at radius 2 is 2.00 bits per heavy atom. The molecule has 1 rings (SSSR count). The summed E-state index contributed by atoms with van der Waals surface area (Å²) in [5, 5.41) is 11.0. The van der Waals surface area contributed by atoms with Gasteiger partial charge in [-0.1, -0.05) is 18.2 Å². The lowest BCUT2D eigenvalue weighted by Gasteiger charge is -1.96. The van der Waals surface area contributed by atoms with Crippen LogP contribution in [0.25, 0.3) is 0 Å². The minimum atomic E-state index is 0.0863. The second kappa shape index (κ2) is 3.47. The average molecular weight is 156 g/mol. The summed E-state index contributed by atoms with van der Waals surface area (Å²) >= 11 is 5.47. The van der Waals surface area contributed by atoms with Gasteiger partial charge in [-0.3, -0.25) is 5.11 Å². The van der Waals surface area contributed by atoms with Crippen molar-refractivity contribution in [3.05, 3.63) is 29.8 Å². The minimum Gasteiger partial charge on any atom is -0.290 e. The summed E-state index contributed by atoms with van der Waals surface area (Å²) < 4.78 is 0. The molecule has 0 fully saturated rings. The van der Waals surface area contributed by atoms with Crippen LogP contribution >= 0.6 is 11.6 Å². The van der Waals surface area contributed by atoms with Gasteiger partial charge < -0.3 is 0 Å². The van der Waals surface area contributed by atoms with Crippen molar-refractivity contribution < 1.29 is 5.11 Å². The second-order valence-corrected chi connectivity index (χ2v) is 2.42. The number of para-hydroxylation sites is 1. The monoisotopic (exact) mass is 155 g/mol. The third kappa shape index (κ3) is 1.64. The van der Waals surface area contributed by atoms with Crippen LogP contribution in [0.15, 0.2) is 24.3 Å². The van der Waals surface area contributed by atoms with Gasteiger partial charge in [0, 0.05) is 11.4 Å². The van der Waals surface area contributed by atoms with E-state index in [2.05, 4.69) is 0 Å². The van der Waals surface area contributed by atoms with Gasteiger partial charge in [-0.15, -0.1) is 11.6 Å². The Hall–Kier alpha value is -0.690. The third-order valence-corrected chi connectivity index (χ3v) is 1.53. The molecule has 10 heavy (non-hydrogen) atoms. The van der Waals surface area contributed by atoms with Crippen molar-refractivity contribution in [1.29, 1.82) is 0 Å². The topological polar surface area (TPSA) is 19.9 Å². The van der Waals surface area contributed by atoms with Crippen LogP contribution in [-0.4, -0.2) is 5.88 Å². The van der Waals surface area contributed by atoms with Crippen LogP contribution in [0.4, 0.5) is 0 Å². The van der Waals surface area contributed by atoms with E-state index in [0.29, 0.717) is 12.3 Å². The molecule has 1 aromatic carbocycles. The zero-order chi connectivity index (χ0) is 7.40. The van der Waals surface area contributed by atoms with Gasteiger partial charge in [-0.2, -0.15) is 0 Å². The molecule has 0 aliphatic heterocycles. The van der Waals surface area contributed by atoms with Crippen LogP contribution in [0.5, 0.6) is 5.75 Å². The maximum Gasteiger partial charge on any atom is 0.181 e. The Balaban J connectivity index is 2.81. The first-order valence-corrected chi connectivity index (χ1v) is 3.69. The molecule has 0 saturated carbocycles. The van der Waals surface area contributed by atoms with E-state index in [1.807, 2.05) is 12.1 Å². The molecule has 0 unspecified atom stereocenters. The highest BCUT2D eigenvalue weighted by atomic mass is 35.5. The molecule has 2 heteroatoms. The summed E-state index contributed by atoms with van der Waals surface area (Å²) in [5.74, 6) is 0.599. The van der Waals surface area contributed by atoms with Gasteiger partial charge >= 0.3 is 0 Å². The van der Waals surface area contributed by atoms with Gasteiger partial charge in [0.1, 0.15) is 0 Å². The second-order valence-electron chi connectivity index (χ2n) is 2.05. The summed E-state index contributed by atoms with van der Waals surface area (Å²) in [6.07, 6.45) is 0.668. The van der Waals surface area contributed by atoms with Crippen LogP contribution in [-0.2, 0) is 11.5 Å². The highest BCUT2D eigenvalue weighted by Gasteiger charge is 1.98. The summed E-state index contributed by atoms with van der Waals surface area (Å²) in [6.45, 7) is 0. The average Bonchev–Trinajstić information content (AvgIpc) is 1.94. The summed E-state index contributed by atoms with van der Waals surface area (Å²) in [4.78, 5) is 0. The molecule has 0 saturated heterocycles. The van der Waals surface area contributed by atoms with E-state index in [9.17, 15) is 5.11 Å². The van der Waals surface area contributed by atoms with Crippen LogP contribution in [0, 0.1) is 0 Å². The van der Waals surface area contributed by atoms with Gasteiger partial charge in [0.25, 0.3) is 0 Å². The standard InChI is InChI=1S/C8H8ClO/c9-6-5-7-3-1-2-4-8(7)10/h1-4H,5-6H2. The molecular weight excluding hydrogens is 148 g/mol. The van der Waals surface area contributed by atoms with E-state index >= 15 is 0 Å². The van der Waals surface area contributed by atoms with Gasteiger partial charge in [0.2, 0.25) is 0 Å². The Kier molecular flexibility index (Phi) is 2.57. The molecule has 1 radical (unpaired) electrons. The fourth-order valence-corrected chi connectivity index (χ4v) is 1.02. The number of halogens is 1. The van der Waals surface area contributed by atoms with Crippen LogP contribution < -0.4 is 0 Å². The molecular formula is C8H8ClO. The lowest BCUT2D eigenvalue weighted by Crippen LogP contribution is -1.84. The number of alkyl halides is 1. The molecule has 0 heterocycles. The van der Waals surface area contributed by atoms with E-state index in [1.165, 1.54) is 0 Å². The smallest absolute Gasteiger partial charge is 0.181 e. The lowest BCUT2D eigenvalue weighted by atomic mass is 10.1. The number of hydrogen-bond donors (Lipinski definition) is 0. The number of aryl methyl sites for hydroxylation is 1. The maximum atomic E-state index is 11.0. The zero-order valence-electron chi connectivity index (χ0n) is 5.51. The van der Waals surface area contributed by atoms with E-state index < -0.39 is 0 Å². The third-order valence-electron chi connectivity index (χ3n) is 1.34. The van der Waals surface area contributed by atoms with Gasteiger partial charge in [0.15, 0.2) is 5.75 Å². The van der Waals surface area contributed by atoms with E-state index in [4.69, 9.17) is 11.6 Å². The van der Waals surface area contributed by atoms with E-state index in [-0.39, 0.29) is 5.75 Å².